The van der Waals surface area contributed by atoms with Crippen molar-refractivity contribution in [2.45, 2.75) is 26.9 Å². The normalized spacial score (nSPS) is 23.5. The second-order valence-corrected chi connectivity index (χ2v) is 5.55. The van der Waals surface area contributed by atoms with Gasteiger partial charge >= 0.3 is 0 Å². The first-order valence-corrected chi connectivity index (χ1v) is 6.13. The van der Waals surface area contributed by atoms with Crippen molar-refractivity contribution in [3.8, 4) is 0 Å². The number of nitrogens with zero attached hydrogens (tertiary/aromatic N) is 2. The van der Waals surface area contributed by atoms with Gasteiger partial charge in [-0.05, 0) is 5.41 Å². The average molecular weight is 290 g/mol. The highest BCUT2D eigenvalue weighted by molar-refractivity contribution is 5.61. The Hall–Kier alpha value is -1.04. The zero-order valence-corrected chi connectivity index (χ0v) is 12.8. The fourth-order valence-corrected chi connectivity index (χ4v) is 1.71. The first kappa shape index (κ1) is 18.0. The minimum Gasteiger partial charge on any atom is -1.00 e. The zero-order chi connectivity index (χ0) is 13.6. The lowest BCUT2D eigenvalue weighted by molar-refractivity contribution is -0.885. The fourth-order valence-electron chi connectivity index (χ4n) is 1.71. The molecule has 5 nitrogen and oxygen atoms in total. The summed E-state index contributed by atoms with van der Waals surface area (Å²) in [5.74, 6) is 0. The SMILES string of the molecule is CN1C=C[NH+](COC/C=C/C(C)(C)C)C1/C=N\O.[Cl-]. The highest BCUT2D eigenvalue weighted by atomic mass is 35.5. The number of halogens is 1. The van der Waals surface area contributed by atoms with E-state index < -0.39 is 0 Å². The lowest BCUT2D eigenvalue weighted by atomic mass is 9.96. The molecule has 110 valence electrons. The molecule has 0 bridgehead atoms. The fraction of sp³-hybridized carbons (Fsp3) is 0.615. The van der Waals surface area contributed by atoms with E-state index in [9.17, 15) is 0 Å². The summed E-state index contributed by atoms with van der Waals surface area (Å²) in [6.45, 7) is 7.61. The van der Waals surface area contributed by atoms with Gasteiger partial charge in [0.05, 0.1) is 12.8 Å². The van der Waals surface area contributed by atoms with Crippen LogP contribution in [0.3, 0.4) is 0 Å². The topological polar surface area (TPSA) is 49.5 Å². The van der Waals surface area contributed by atoms with Crippen LogP contribution in [-0.2, 0) is 4.74 Å². The van der Waals surface area contributed by atoms with E-state index in [1.807, 2.05) is 30.4 Å². The molecule has 19 heavy (non-hydrogen) atoms. The summed E-state index contributed by atoms with van der Waals surface area (Å²) in [4.78, 5) is 3.07. The van der Waals surface area contributed by atoms with Crippen LogP contribution in [0.5, 0.6) is 0 Å². The van der Waals surface area contributed by atoms with E-state index in [-0.39, 0.29) is 24.0 Å². The van der Waals surface area contributed by atoms with E-state index in [2.05, 4.69) is 32.0 Å². The van der Waals surface area contributed by atoms with Gasteiger partial charge in [0.2, 0.25) is 6.17 Å². The Morgan fingerprint density at radius 2 is 2.16 bits per heavy atom. The summed E-state index contributed by atoms with van der Waals surface area (Å²) in [5.41, 5.74) is 0.191. The van der Waals surface area contributed by atoms with Gasteiger partial charge in [0, 0.05) is 7.05 Å². The summed E-state index contributed by atoms with van der Waals surface area (Å²) < 4.78 is 5.59. The van der Waals surface area contributed by atoms with Gasteiger partial charge in [-0.25, -0.2) is 0 Å². The van der Waals surface area contributed by atoms with Crippen molar-refractivity contribution in [1.29, 1.82) is 0 Å². The molecule has 0 aliphatic carbocycles. The Morgan fingerprint density at radius 1 is 1.47 bits per heavy atom. The Morgan fingerprint density at radius 3 is 2.74 bits per heavy atom. The number of ether oxygens (including phenoxy) is 1. The van der Waals surface area contributed by atoms with Gasteiger partial charge in [-0.3, -0.25) is 4.90 Å². The molecule has 0 radical (unpaired) electrons. The maximum atomic E-state index is 8.61. The van der Waals surface area contributed by atoms with Crippen LogP contribution in [0.15, 0.2) is 29.7 Å². The highest BCUT2D eigenvalue weighted by Crippen LogP contribution is 2.13. The Kier molecular flexibility index (Phi) is 7.75. The van der Waals surface area contributed by atoms with Crippen molar-refractivity contribution in [2.75, 3.05) is 20.4 Å². The predicted octanol–water partition coefficient (Wildman–Crippen LogP) is -2.35. The Labute approximate surface area is 121 Å². The molecular formula is C13H24ClN3O2. The van der Waals surface area contributed by atoms with Crippen LogP contribution in [0.2, 0.25) is 0 Å². The molecule has 0 saturated carbocycles. The number of oxime groups is 1. The number of hydrogen-bond donors (Lipinski definition) is 2. The van der Waals surface area contributed by atoms with Crippen LogP contribution < -0.4 is 17.3 Å². The second-order valence-electron chi connectivity index (χ2n) is 5.55. The summed E-state index contributed by atoms with van der Waals surface area (Å²) >= 11 is 0. The van der Waals surface area contributed by atoms with Crippen molar-refractivity contribution in [2.24, 2.45) is 10.6 Å². The van der Waals surface area contributed by atoms with E-state index in [1.165, 1.54) is 6.21 Å². The molecule has 1 heterocycles. The van der Waals surface area contributed by atoms with E-state index in [0.29, 0.717) is 13.3 Å². The van der Waals surface area contributed by atoms with Gasteiger partial charge in [-0.15, -0.1) is 0 Å². The van der Waals surface area contributed by atoms with Crippen LogP contribution in [0.1, 0.15) is 20.8 Å². The van der Waals surface area contributed by atoms with Crippen molar-refractivity contribution in [1.82, 2.24) is 4.90 Å². The van der Waals surface area contributed by atoms with Gasteiger partial charge in [-0.2, -0.15) is 0 Å². The molecule has 0 spiro atoms. The third-order valence-corrected chi connectivity index (χ3v) is 2.65. The van der Waals surface area contributed by atoms with Crippen LogP contribution in [0.25, 0.3) is 0 Å². The minimum absolute atomic E-state index is 0. The van der Waals surface area contributed by atoms with Gasteiger partial charge in [0.1, 0.15) is 12.4 Å². The summed E-state index contributed by atoms with van der Waals surface area (Å²) in [6.07, 6.45) is 9.64. The molecule has 0 aromatic heterocycles. The molecule has 0 amide bonds. The van der Waals surface area contributed by atoms with Crippen molar-refractivity contribution in [3.05, 3.63) is 24.6 Å². The van der Waals surface area contributed by atoms with Crippen LogP contribution in [0.4, 0.5) is 0 Å². The average Bonchev–Trinajstić information content (AvgIpc) is 2.60. The quantitative estimate of drug-likeness (QED) is 0.196. The first-order valence-electron chi connectivity index (χ1n) is 6.13. The van der Waals surface area contributed by atoms with E-state index in [0.717, 1.165) is 4.90 Å². The van der Waals surface area contributed by atoms with Crippen LogP contribution in [-0.4, -0.2) is 42.9 Å². The Balaban J connectivity index is 0.00000324. The number of allylic oxidation sites excluding steroid dienone is 1. The largest absolute Gasteiger partial charge is 1.00 e. The first-order chi connectivity index (χ1) is 8.44. The van der Waals surface area contributed by atoms with Crippen molar-refractivity contribution in [3.63, 3.8) is 0 Å². The minimum atomic E-state index is 0. The molecule has 2 unspecified atom stereocenters. The van der Waals surface area contributed by atoms with Crippen molar-refractivity contribution >= 4 is 6.21 Å². The van der Waals surface area contributed by atoms with E-state index in [4.69, 9.17) is 9.94 Å². The Bertz CT molecular complexity index is 337. The number of nitrogens with one attached hydrogen (secondary N) is 1. The van der Waals surface area contributed by atoms with Gasteiger partial charge in [0.25, 0.3) is 0 Å². The third kappa shape index (κ3) is 6.61. The summed E-state index contributed by atoms with van der Waals surface area (Å²) in [7, 11) is 1.94. The predicted molar refractivity (Wildman–Crippen MR) is 71.3 cm³/mol. The highest BCUT2D eigenvalue weighted by Gasteiger charge is 2.27. The smallest absolute Gasteiger partial charge is 0.209 e. The van der Waals surface area contributed by atoms with E-state index in [1.54, 1.807) is 0 Å². The molecule has 1 aliphatic rings. The molecule has 0 aromatic carbocycles. The van der Waals surface area contributed by atoms with Gasteiger partial charge < -0.3 is 27.3 Å². The second kappa shape index (κ2) is 8.19. The molecule has 0 fully saturated rings. The van der Waals surface area contributed by atoms with Gasteiger partial charge in [-0.1, -0.05) is 38.1 Å². The lowest BCUT2D eigenvalue weighted by Gasteiger charge is -2.21. The zero-order valence-electron chi connectivity index (χ0n) is 12.0. The molecular weight excluding hydrogens is 266 g/mol. The standard InChI is InChI=1S/C13H23N3O2.ClH/c1-13(2,3)6-5-9-18-11-16-8-7-15(4)12(16)10-14-17;/h5-8,10,12,17H,9,11H2,1-4H3;1H/b6-5+,14-10-;. The molecule has 2 N–H and O–H groups in total. The molecule has 6 heteroatoms. The molecule has 1 rings (SSSR count). The molecule has 0 saturated heterocycles. The maximum Gasteiger partial charge on any atom is 0.209 e. The van der Waals surface area contributed by atoms with Crippen molar-refractivity contribution < 1.29 is 27.3 Å². The number of rotatable bonds is 5. The molecule has 1 aliphatic heterocycles. The monoisotopic (exact) mass is 289 g/mol. The van der Waals surface area contributed by atoms with Crippen LogP contribution >= 0.6 is 0 Å². The summed E-state index contributed by atoms with van der Waals surface area (Å²) in [5, 5.41) is 11.7. The van der Waals surface area contributed by atoms with E-state index >= 15 is 0 Å². The molecule has 2 atom stereocenters. The number of quaternary nitrogens is 1. The van der Waals surface area contributed by atoms with Crippen LogP contribution in [0, 0.1) is 5.41 Å². The molecule has 0 aromatic rings. The van der Waals surface area contributed by atoms with Gasteiger partial charge in [0.15, 0.2) is 6.73 Å². The lowest BCUT2D eigenvalue weighted by Crippen LogP contribution is -3.12. The summed E-state index contributed by atoms with van der Waals surface area (Å²) in [6, 6.07) is 0. The third-order valence-electron chi connectivity index (χ3n) is 2.65. The number of hydrogen-bond acceptors (Lipinski definition) is 4. The maximum absolute atomic E-state index is 8.61.